The molecule has 0 saturated carbocycles. The third-order valence-corrected chi connectivity index (χ3v) is 3.63. The lowest BCUT2D eigenvalue weighted by Gasteiger charge is -2.16. The molecular formula is C14H11BrF3N. The van der Waals surface area contributed by atoms with Gasteiger partial charge in [0.15, 0.2) is 0 Å². The van der Waals surface area contributed by atoms with Gasteiger partial charge in [0.25, 0.3) is 0 Å². The molecule has 100 valence electrons. The van der Waals surface area contributed by atoms with Crippen molar-refractivity contribution in [3.05, 3.63) is 68.9 Å². The fourth-order valence-electron chi connectivity index (χ4n) is 1.82. The van der Waals surface area contributed by atoms with Gasteiger partial charge in [0.2, 0.25) is 0 Å². The molecule has 2 N–H and O–H groups in total. The van der Waals surface area contributed by atoms with Gasteiger partial charge in [-0.2, -0.15) is 0 Å². The quantitative estimate of drug-likeness (QED) is 0.876. The molecule has 0 radical (unpaired) electrons. The maximum Gasteiger partial charge on any atom is 0.128 e. The monoisotopic (exact) mass is 329 g/mol. The van der Waals surface area contributed by atoms with Crippen molar-refractivity contribution in [2.75, 3.05) is 0 Å². The van der Waals surface area contributed by atoms with Crippen molar-refractivity contribution in [2.24, 2.45) is 5.73 Å². The lowest BCUT2D eigenvalue weighted by molar-refractivity contribution is 0.569. The molecule has 0 spiro atoms. The summed E-state index contributed by atoms with van der Waals surface area (Å²) in [5.74, 6) is -1.64. The second kappa shape index (κ2) is 5.35. The summed E-state index contributed by atoms with van der Waals surface area (Å²) in [6.07, 6.45) is 0. The molecule has 0 aliphatic carbocycles. The molecule has 0 saturated heterocycles. The molecule has 1 atom stereocenters. The van der Waals surface area contributed by atoms with Crippen molar-refractivity contribution in [2.45, 2.75) is 13.0 Å². The van der Waals surface area contributed by atoms with Crippen LogP contribution < -0.4 is 5.73 Å². The van der Waals surface area contributed by atoms with Crippen LogP contribution >= 0.6 is 15.9 Å². The van der Waals surface area contributed by atoms with E-state index in [1.165, 1.54) is 25.1 Å². The van der Waals surface area contributed by atoms with Crippen molar-refractivity contribution in [3.8, 4) is 0 Å². The van der Waals surface area contributed by atoms with Gasteiger partial charge in [-0.25, -0.2) is 13.2 Å². The molecule has 1 unspecified atom stereocenters. The highest BCUT2D eigenvalue weighted by Gasteiger charge is 2.18. The van der Waals surface area contributed by atoms with Crippen molar-refractivity contribution < 1.29 is 13.2 Å². The molecule has 0 amide bonds. The van der Waals surface area contributed by atoms with Gasteiger partial charge in [0, 0.05) is 10.0 Å². The zero-order chi connectivity index (χ0) is 14.2. The molecule has 5 heteroatoms. The Morgan fingerprint density at radius 2 is 1.68 bits per heavy atom. The van der Waals surface area contributed by atoms with Crippen molar-refractivity contribution in [3.63, 3.8) is 0 Å². The summed E-state index contributed by atoms with van der Waals surface area (Å²) in [6, 6.07) is 5.12. The van der Waals surface area contributed by atoms with E-state index in [1.54, 1.807) is 0 Å². The van der Waals surface area contributed by atoms with Crippen LogP contribution in [0.3, 0.4) is 0 Å². The van der Waals surface area contributed by atoms with E-state index in [2.05, 4.69) is 15.9 Å². The number of rotatable bonds is 2. The van der Waals surface area contributed by atoms with Crippen LogP contribution in [0.4, 0.5) is 13.2 Å². The Morgan fingerprint density at radius 3 is 2.37 bits per heavy atom. The topological polar surface area (TPSA) is 26.0 Å². The maximum atomic E-state index is 13.8. The molecule has 19 heavy (non-hydrogen) atoms. The van der Waals surface area contributed by atoms with E-state index in [9.17, 15) is 13.2 Å². The summed E-state index contributed by atoms with van der Waals surface area (Å²) in [6.45, 7) is 1.46. The molecule has 0 aliphatic rings. The van der Waals surface area contributed by atoms with Gasteiger partial charge in [-0.15, -0.1) is 0 Å². The highest BCUT2D eigenvalue weighted by atomic mass is 79.9. The van der Waals surface area contributed by atoms with Crippen molar-refractivity contribution >= 4 is 15.9 Å². The molecule has 0 bridgehead atoms. The first-order chi connectivity index (χ1) is 8.90. The lowest BCUT2D eigenvalue weighted by atomic mass is 9.97. The Balaban J connectivity index is 2.52. The molecule has 0 fully saturated rings. The van der Waals surface area contributed by atoms with Gasteiger partial charge in [-0.05, 0) is 48.4 Å². The van der Waals surface area contributed by atoms with E-state index in [0.717, 1.165) is 12.1 Å². The van der Waals surface area contributed by atoms with Crippen LogP contribution in [0.25, 0.3) is 0 Å². The van der Waals surface area contributed by atoms with E-state index >= 15 is 0 Å². The molecular weight excluding hydrogens is 319 g/mol. The van der Waals surface area contributed by atoms with Gasteiger partial charge >= 0.3 is 0 Å². The van der Waals surface area contributed by atoms with Crippen molar-refractivity contribution in [1.29, 1.82) is 0 Å². The molecule has 0 aliphatic heterocycles. The standard InChI is InChI=1S/C14H11BrF3N/c1-7-4-13(18)10(6-12(7)17)14(19)9-5-8(16)2-3-11(9)15/h2-6,14H,19H2,1H3. The molecule has 2 rings (SSSR count). The SMILES string of the molecule is Cc1cc(F)c(C(N)c2cc(F)ccc2Br)cc1F. The molecule has 0 heterocycles. The summed E-state index contributed by atoms with van der Waals surface area (Å²) in [5.41, 5.74) is 6.46. The third kappa shape index (κ3) is 2.82. The summed E-state index contributed by atoms with van der Waals surface area (Å²) >= 11 is 3.22. The van der Waals surface area contributed by atoms with Crippen molar-refractivity contribution in [1.82, 2.24) is 0 Å². The molecule has 1 nitrogen and oxygen atoms in total. The minimum atomic E-state index is -0.944. The van der Waals surface area contributed by atoms with Crippen LogP contribution in [-0.2, 0) is 0 Å². The largest absolute Gasteiger partial charge is 0.320 e. The first kappa shape index (κ1) is 14.1. The number of aryl methyl sites for hydroxylation is 1. The second-order valence-corrected chi connectivity index (χ2v) is 5.12. The van der Waals surface area contributed by atoms with Crippen LogP contribution in [0.15, 0.2) is 34.8 Å². The highest BCUT2D eigenvalue weighted by Crippen LogP contribution is 2.30. The van der Waals surface area contributed by atoms with E-state index < -0.39 is 23.5 Å². The van der Waals surface area contributed by atoms with E-state index in [1.807, 2.05) is 0 Å². The second-order valence-electron chi connectivity index (χ2n) is 4.27. The Morgan fingerprint density at radius 1 is 1.00 bits per heavy atom. The maximum absolute atomic E-state index is 13.8. The normalized spacial score (nSPS) is 12.5. The Bertz CT molecular complexity index is 628. The number of hydrogen-bond donors (Lipinski definition) is 1. The van der Waals surface area contributed by atoms with Gasteiger partial charge in [0.05, 0.1) is 6.04 Å². The predicted molar refractivity (Wildman–Crippen MR) is 71.2 cm³/mol. The Hall–Kier alpha value is -1.33. The molecule has 0 aromatic heterocycles. The predicted octanol–water partition coefficient (Wildman–Crippen LogP) is 4.22. The number of hydrogen-bond acceptors (Lipinski definition) is 1. The summed E-state index contributed by atoms with van der Waals surface area (Å²) < 4.78 is 41.1. The van der Waals surface area contributed by atoms with Crippen LogP contribution in [-0.4, -0.2) is 0 Å². The lowest BCUT2D eigenvalue weighted by Crippen LogP contribution is -2.15. The third-order valence-electron chi connectivity index (χ3n) is 2.91. The zero-order valence-electron chi connectivity index (χ0n) is 10.1. The smallest absolute Gasteiger partial charge is 0.128 e. The van der Waals surface area contributed by atoms with E-state index in [-0.39, 0.29) is 11.1 Å². The first-order valence-electron chi connectivity index (χ1n) is 5.56. The fraction of sp³-hybridized carbons (Fsp3) is 0.143. The molecule has 2 aromatic rings. The minimum absolute atomic E-state index is 0.00519. The van der Waals surface area contributed by atoms with E-state index in [4.69, 9.17) is 5.73 Å². The summed E-state index contributed by atoms with van der Waals surface area (Å²) in [4.78, 5) is 0. The number of halogens is 4. The summed E-state index contributed by atoms with van der Waals surface area (Å²) in [5, 5.41) is 0. The Labute approximate surface area is 117 Å². The average molecular weight is 330 g/mol. The average Bonchev–Trinajstić information content (AvgIpc) is 2.36. The van der Waals surface area contributed by atoms with Crippen LogP contribution in [0, 0.1) is 24.4 Å². The van der Waals surface area contributed by atoms with Gasteiger partial charge in [-0.3, -0.25) is 0 Å². The van der Waals surface area contributed by atoms with E-state index in [0.29, 0.717) is 10.0 Å². The highest BCUT2D eigenvalue weighted by molar-refractivity contribution is 9.10. The fourth-order valence-corrected chi connectivity index (χ4v) is 2.31. The van der Waals surface area contributed by atoms with Gasteiger partial charge < -0.3 is 5.73 Å². The van der Waals surface area contributed by atoms with Crippen LogP contribution in [0.1, 0.15) is 22.7 Å². The molecule has 2 aromatic carbocycles. The van der Waals surface area contributed by atoms with Gasteiger partial charge in [0.1, 0.15) is 17.5 Å². The van der Waals surface area contributed by atoms with Gasteiger partial charge in [-0.1, -0.05) is 15.9 Å². The Kier molecular flexibility index (Phi) is 3.96. The minimum Gasteiger partial charge on any atom is -0.320 e. The first-order valence-corrected chi connectivity index (χ1v) is 6.35. The van der Waals surface area contributed by atoms with Crippen LogP contribution in [0.5, 0.6) is 0 Å². The van der Waals surface area contributed by atoms with Crippen LogP contribution in [0.2, 0.25) is 0 Å². The summed E-state index contributed by atoms with van der Waals surface area (Å²) in [7, 11) is 0. The zero-order valence-corrected chi connectivity index (χ0v) is 11.6. The number of nitrogens with two attached hydrogens (primary N) is 1. The number of benzene rings is 2.